The second-order valence-corrected chi connectivity index (χ2v) is 6.12. The van der Waals surface area contributed by atoms with E-state index in [-0.39, 0.29) is 4.90 Å². The molecule has 0 aromatic heterocycles. The van der Waals surface area contributed by atoms with Gasteiger partial charge in [0.2, 0.25) is 0 Å². The van der Waals surface area contributed by atoms with Gasteiger partial charge in [0, 0.05) is 12.2 Å². The molecule has 0 fully saturated rings. The molecule has 0 saturated carbocycles. The minimum Gasteiger partial charge on any atom is -0.473 e. The van der Waals surface area contributed by atoms with Crippen molar-refractivity contribution in [3.63, 3.8) is 0 Å². The highest BCUT2D eigenvalue weighted by Crippen LogP contribution is 2.16. The van der Waals surface area contributed by atoms with Crippen molar-refractivity contribution in [3.05, 3.63) is 60.2 Å². The Morgan fingerprint density at radius 1 is 0.958 bits per heavy atom. The molecule has 0 radical (unpaired) electrons. The minimum absolute atomic E-state index is 0.239. The fraction of sp³-hybridized carbons (Fsp3) is 0.0667. The molecule has 0 atom stereocenters. The van der Waals surface area contributed by atoms with E-state index in [1.165, 1.54) is 0 Å². The molecule has 0 spiro atoms. The molecule has 5 N–H and O–H groups in total. The molecule has 128 valence electrons. The van der Waals surface area contributed by atoms with Crippen LogP contribution in [0.2, 0.25) is 0 Å². The molecule has 0 amide bonds. The van der Waals surface area contributed by atoms with Crippen molar-refractivity contribution < 1.29 is 28.2 Å². The van der Waals surface area contributed by atoms with Gasteiger partial charge in [-0.05, 0) is 29.8 Å². The first-order valence-electron chi connectivity index (χ1n) is 6.59. The molecule has 2 aromatic carbocycles. The lowest BCUT2D eigenvalue weighted by atomic mass is 10.2. The Morgan fingerprint density at radius 3 is 2.04 bits per heavy atom. The minimum atomic E-state index is -3.53. The second-order valence-electron chi connectivity index (χ2n) is 4.43. The van der Waals surface area contributed by atoms with Crippen LogP contribution >= 0.6 is 0 Å². The van der Waals surface area contributed by atoms with Crippen molar-refractivity contribution in [2.24, 2.45) is 5.73 Å². The average Bonchev–Trinajstić information content (AvgIpc) is 2.56. The third-order valence-corrected chi connectivity index (χ3v) is 4.05. The number of nitrogens with one attached hydrogen (secondary N) is 1. The van der Waals surface area contributed by atoms with Crippen LogP contribution in [0.15, 0.2) is 59.5 Å². The Labute approximate surface area is 138 Å². The van der Waals surface area contributed by atoms with Gasteiger partial charge < -0.3 is 15.9 Å². The molecule has 0 aliphatic heterocycles. The molecule has 0 aliphatic rings. The number of rotatable bonds is 4. The highest BCUT2D eigenvalue weighted by Gasteiger charge is 2.13. The van der Waals surface area contributed by atoms with Crippen LogP contribution < -0.4 is 10.5 Å². The summed E-state index contributed by atoms with van der Waals surface area (Å²) in [6, 6.07) is 15.3. The summed E-state index contributed by atoms with van der Waals surface area (Å²) >= 11 is 0. The van der Waals surface area contributed by atoms with Crippen molar-refractivity contribution >= 4 is 27.6 Å². The number of anilines is 1. The van der Waals surface area contributed by atoms with Crippen LogP contribution in [0.3, 0.4) is 0 Å². The van der Waals surface area contributed by atoms with Crippen molar-refractivity contribution in [2.45, 2.75) is 11.4 Å². The summed E-state index contributed by atoms with van der Waals surface area (Å²) in [4.78, 5) is 18.4. The molecule has 0 heterocycles. The number of hydrogen-bond acceptors (Lipinski definition) is 5. The maximum atomic E-state index is 12.1. The molecule has 8 nitrogen and oxygen atoms in total. The van der Waals surface area contributed by atoms with Gasteiger partial charge in [-0.2, -0.15) is 0 Å². The Hall–Kier alpha value is -2.91. The molecule has 2 aromatic rings. The predicted molar refractivity (Wildman–Crippen MR) is 86.9 cm³/mol. The van der Waals surface area contributed by atoms with Crippen LogP contribution in [0.4, 0.5) is 5.69 Å². The van der Waals surface area contributed by atoms with Crippen LogP contribution in [0.25, 0.3) is 0 Å². The van der Waals surface area contributed by atoms with Gasteiger partial charge in [0.1, 0.15) is 0 Å². The van der Waals surface area contributed by atoms with E-state index in [0.29, 0.717) is 12.2 Å². The van der Waals surface area contributed by atoms with Gasteiger partial charge in [-0.15, -0.1) is 0 Å². The largest absolute Gasteiger partial charge is 0.473 e. The number of carboxylic acid groups (broad SMARTS) is 2. The summed E-state index contributed by atoms with van der Waals surface area (Å²) in [5, 5.41) is 14.8. The molecular weight excluding hydrogens is 336 g/mol. The highest BCUT2D eigenvalue weighted by atomic mass is 32.2. The summed E-state index contributed by atoms with van der Waals surface area (Å²) in [6.07, 6.45) is 0. The third kappa shape index (κ3) is 6.07. The monoisotopic (exact) mass is 352 g/mol. The number of hydrogen-bond donors (Lipinski definition) is 4. The van der Waals surface area contributed by atoms with Gasteiger partial charge in [-0.1, -0.05) is 30.3 Å². The maximum Gasteiger partial charge on any atom is 0.414 e. The van der Waals surface area contributed by atoms with E-state index in [1.807, 2.05) is 6.07 Å². The van der Waals surface area contributed by atoms with Crippen LogP contribution in [0.1, 0.15) is 5.56 Å². The molecule has 0 saturated heterocycles. The summed E-state index contributed by atoms with van der Waals surface area (Å²) in [5.74, 6) is -3.65. The summed E-state index contributed by atoms with van der Waals surface area (Å²) in [7, 11) is -3.53. The number of sulfonamides is 1. The lowest BCUT2D eigenvalue weighted by molar-refractivity contribution is -0.159. The lowest BCUT2D eigenvalue weighted by Gasteiger charge is -2.08. The van der Waals surface area contributed by atoms with E-state index in [9.17, 15) is 8.42 Å². The van der Waals surface area contributed by atoms with E-state index < -0.39 is 22.0 Å². The molecule has 24 heavy (non-hydrogen) atoms. The van der Waals surface area contributed by atoms with Gasteiger partial charge in [-0.25, -0.2) is 18.0 Å². The van der Waals surface area contributed by atoms with Crippen LogP contribution in [0, 0.1) is 0 Å². The van der Waals surface area contributed by atoms with Gasteiger partial charge in [0.15, 0.2) is 0 Å². The first kappa shape index (κ1) is 19.1. The van der Waals surface area contributed by atoms with Gasteiger partial charge in [0.25, 0.3) is 10.0 Å². The fourth-order valence-corrected chi connectivity index (χ4v) is 2.65. The maximum absolute atomic E-state index is 12.1. The SMILES string of the molecule is NCc1cccc(NS(=O)(=O)c2ccccc2)c1.O=C(O)C(=O)O. The normalized spacial score (nSPS) is 10.2. The number of benzene rings is 2. The van der Waals surface area contributed by atoms with Gasteiger partial charge in [0.05, 0.1) is 4.90 Å². The third-order valence-electron chi connectivity index (χ3n) is 2.65. The Kier molecular flexibility index (Phi) is 6.90. The average molecular weight is 352 g/mol. The smallest absolute Gasteiger partial charge is 0.414 e. The molecule has 0 unspecified atom stereocenters. The summed E-state index contributed by atoms with van der Waals surface area (Å²) in [5.41, 5.74) is 6.91. The molecule has 0 aliphatic carbocycles. The van der Waals surface area contributed by atoms with E-state index >= 15 is 0 Å². The number of nitrogens with two attached hydrogens (primary N) is 1. The van der Waals surface area contributed by atoms with E-state index in [4.69, 9.17) is 25.5 Å². The lowest BCUT2D eigenvalue weighted by Crippen LogP contribution is -2.13. The predicted octanol–water partition coefficient (Wildman–Crippen LogP) is 1.10. The Bertz CT molecular complexity index is 794. The zero-order valence-electron chi connectivity index (χ0n) is 12.4. The first-order valence-corrected chi connectivity index (χ1v) is 8.07. The Balaban J connectivity index is 0.000000413. The van der Waals surface area contributed by atoms with Crippen molar-refractivity contribution in [1.82, 2.24) is 0 Å². The standard InChI is InChI=1S/C13H14N2O2S.C2H2O4/c14-10-11-5-4-6-12(9-11)15-18(16,17)13-7-2-1-3-8-13;3-1(4)2(5)6/h1-9,15H,10,14H2;(H,3,4)(H,5,6). The van der Waals surface area contributed by atoms with Gasteiger partial charge >= 0.3 is 11.9 Å². The zero-order chi connectivity index (χ0) is 18.2. The summed E-state index contributed by atoms with van der Waals surface area (Å²) in [6.45, 7) is 0.376. The topological polar surface area (TPSA) is 147 Å². The van der Waals surface area contributed by atoms with Crippen molar-refractivity contribution in [1.29, 1.82) is 0 Å². The fourth-order valence-electron chi connectivity index (χ4n) is 1.58. The first-order chi connectivity index (χ1) is 11.3. The Morgan fingerprint density at radius 2 is 1.54 bits per heavy atom. The van der Waals surface area contributed by atoms with Crippen LogP contribution in [-0.2, 0) is 26.2 Å². The van der Waals surface area contributed by atoms with Crippen LogP contribution in [0.5, 0.6) is 0 Å². The number of aliphatic carboxylic acids is 2. The quantitative estimate of drug-likeness (QED) is 0.602. The number of carboxylic acids is 2. The van der Waals surface area contributed by atoms with Gasteiger partial charge in [-0.3, -0.25) is 4.72 Å². The summed E-state index contributed by atoms with van der Waals surface area (Å²) < 4.78 is 26.6. The molecule has 2 rings (SSSR count). The molecule has 0 bridgehead atoms. The van der Waals surface area contributed by atoms with E-state index in [0.717, 1.165) is 5.56 Å². The zero-order valence-corrected chi connectivity index (χ0v) is 13.2. The molecular formula is C15H16N2O6S. The highest BCUT2D eigenvalue weighted by molar-refractivity contribution is 7.92. The second kappa shape index (κ2) is 8.65. The van der Waals surface area contributed by atoms with Crippen LogP contribution in [-0.4, -0.2) is 30.6 Å². The molecule has 9 heteroatoms. The van der Waals surface area contributed by atoms with E-state index in [2.05, 4.69) is 4.72 Å². The van der Waals surface area contributed by atoms with Crippen molar-refractivity contribution in [2.75, 3.05) is 4.72 Å². The number of carbonyl (C=O) groups is 2. The van der Waals surface area contributed by atoms with E-state index in [1.54, 1.807) is 48.5 Å². The van der Waals surface area contributed by atoms with Crippen molar-refractivity contribution in [3.8, 4) is 0 Å².